The fourth-order valence-electron chi connectivity index (χ4n) is 1.93. The van der Waals surface area contributed by atoms with Gasteiger partial charge in [0.1, 0.15) is 6.61 Å². The number of ether oxygens (including phenoxy) is 1. The number of rotatable bonds is 6. The third-order valence-electron chi connectivity index (χ3n) is 2.93. The smallest absolute Gasteiger partial charge is 0.372 e. The molecule has 0 spiro atoms. The third kappa shape index (κ3) is 6.74. The summed E-state index contributed by atoms with van der Waals surface area (Å²) in [5, 5.41) is 0. The Morgan fingerprint density at radius 1 is 1.21 bits per heavy atom. The van der Waals surface area contributed by atoms with Crippen molar-refractivity contribution in [1.29, 1.82) is 0 Å². The van der Waals surface area contributed by atoms with E-state index < -0.39 is 12.8 Å². The van der Waals surface area contributed by atoms with E-state index in [1.807, 2.05) is 0 Å². The zero-order valence-electron chi connectivity index (χ0n) is 10.8. The SMILES string of the molecule is NCC(=O)N1CCN(CCCOCC(F)(F)F)CC1. The molecule has 0 aromatic rings. The van der Waals surface area contributed by atoms with E-state index in [1.165, 1.54) is 0 Å². The molecule has 112 valence electrons. The molecule has 0 aromatic carbocycles. The number of nitrogens with zero attached hydrogens (tertiary/aromatic N) is 2. The first kappa shape index (κ1) is 16.2. The first-order valence-corrected chi connectivity index (χ1v) is 6.27. The van der Waals surface area contributed by atoms with Crippen LogP contribution in [0.15, 0.2) is 0 Å². The van der Waals surface area contributed by atoms with Gasteiger partial charge in [-0.3, -0.25) is 9.69 Å². The monoisotopic (exact) mass is 283 g/mol. The number of nitrogens with two attached hydrogens (primary N) is 1. The summed E-state index contributed by atoms with van der Waals surface area (Å²) in [6, 6.07) is 0. The van der Waals surface area contributed by atoms with Crippen LogP contribution < -0.4 is 5.73 Å². The average Bonchev–Trinajstić information content (AvgIpc) is 2.37. The molecule has 1 aliphatic heterocycles. The molecule has 19 heavy (non-hydrogen) atoms. The van der Waals surface area contributed by atoms with Crippen LogP contribution in [-0.2, 0) is 9.53 Å². The second-order valence-electron chi connectivity index (χ2n) is 4.45. The summed E-state index contributed by atoms with van der Waals surface area (Å²) in [6.07, 6.45) is -3.70. The van der Waals surface area contributed by atoms with E-state index in [2.05, 4.69) is 9.64 Å². The van der Waals surface area contributed by atoms with Crippen molar-refractivity contribution in [3.8, 4) is 0 Å². The predicted molar refractivity (Wildman–Crippen MR) is 63.6 cm³/mol. The van der Waals surface area contributed by atoms with E-state index in [9.17, 15) is 18.0 Å². The van der Waals surface area contributed by atoms with Crippen LogP contribution in [-0.4, -0.2) is 74.4 Å². The molecule has 1 aliphatic rings. The molecule has 0 saturated carbocycles. The molecule has 0 radical (unpaired) electrons. The van der Waals surface area contributed by atoms with Gasteiger partial charge in [-0.25, -0.2) is 0 Å². The summed E-state index contributed by atoms with van der Waals surface area (Å²) in [4.78, 5) is 15.1. The topological polar surface area (TPSA) is 58.8 Å². The second kappa shape index (κ2) is 7.66. The third-order valence-corrected chi connectivity index (χ3v) is 2.93. The van der Waals surface area contributed by atoms with Gasteiger partial charge in [0.25, 0.3) is 0 Å². The highest BCUT2D eigenvalue weighted by Gasteiger charge is 2.27. The number of halogens is 3. The Labute approximate surface area is 110 Å². The summed E-state index contributed by atoms with van der Waals surface area (Å²) in [5.74, 6) is -0.0619. The summed E-state index contributed by atoms with van der Waals surface area (Å²) in [6.45, 7) is 2.32. The number of carbonyl (C=O) groups is 1. The van der Waals surface area contributed by atoms with Crippen molar-refractivity contribution in [2.45, 2.75) is 12.6 Å². The van der Waals surface area contributed by atoms with Gasteiger partial charge < -0.3 is 15.4 Å². The lowest BCUT2D eigenvalue weighted by Crippen LogP contribution is -2.50. The molecule has 2 N–H and O–H groups in total. The van der Waals surface area contributed by atoms with Gasteiger partial charge in [-0.05, 0) is 6.42 Å². The van der Waals surface area contributed by atoms with E-state index in [4.69, 9.17) is 5.73 Å². The maximum atomic E-state index is 11.8. The van der Waals surface area contributed by atoms with E-state index in [1.54, 1.807) is 4.90 Å². The zero-order chi connectivity index (χ0) is 14.3. The Morgan fingerprint density at radius 3 is 2.37 bits per heavy atom. The fourth-order valence-corrected chi connectivity index (χ4v) is 1.93. The van der Waals surface area contributed by atoms with Crippen LogP contribution in [0.1, 0.15) is 6.42 Å². The highest BCUT2D eigenvalue weighted by molar-refractivity contribution is 5.78. The van der Waals surface area contributed by atoms with Gasteiger partial charge in [0.2, 0.25) is 5.91 Å². The number of hydrogen-bond donors (Lipinski definition) is 1. The van der Waals surface area contributed by atoms with Crippen molar-refractivity contribution >= 4 is 5.91 Å². The molecule has 0 aliphatic carbocycles. The van der Waals surface area contributed by atoms with Crippen LogP contribution in [0.4, 0.5) is 13.2 Å². The van der Waals surface area contributed by atoms with Crippen molar-refractivity contribution in [2.24, 2.45) is 5.73 Å². The van der Waals surface area contributed by atoms with E-state index in [0.29, 0.717) is 26.1 Å². The van der Waals surface area contributed by atoms with Gasteiger partial charge in [-0.15, -0.1) is 0 Å². The van der Waals surface area contributed by atoms with Crippen molar-refractivity contribution in [2.75, 3.05) is 52.5 Å². The predicted octanol–water partition coefficient (Wildman–Crippen LogP) is 0.0583. The number of piperazine rings is 1. The molecule has 1 rings (SSSR count). The first-order chi connectivity index (χ1) is 8.92. The van der Waals surface area contributed by atoms with Gasteiger partial charge in [0.15, 0.2) is 0 Å². The van der Waals surface area contributed by atoms with Gasteiger partial charge in [0.05, 0.1) is 6.54 Å². The summed E-state index contributed by atoms with van der Waals surface area (Å²) in [7, 11) is 0. The maximum Gasteiger partial charge on any atom is 0.411 e. The quantitative estimate of drug-likeness (QED) is 0.700. The lowest BCUT2D eigenvalue weighted by Gasteiger charge is -2.34. The fraction of sp³-hybridized carbons (Fsp3) is 0.909. The van der Waals surface area contributed by atoms with Crippen LogP contribution in [0, 0.1) is 0 Å². The average molecular weight is 283 g/mol. The molecule has 1 fully saturated rings. The molecule has 0 aromatic heterocycles. The Balaban J connectivity index is 2.05. The molecule has 5 nitrogen and oxygen atoms in total. The van der Waals surface area contributed by atoms with E-state index in [-0.39, 0.29) is 19.1 Å². The normalized spacial score (nSPS) is 17.8. The largest absolute Gasteiger partial charge is 0.411 e. The molecule has 1 saturated heterocycles. The van der Waals surface area contributed by atoms with Gasteiger partial charge in [0, 0.05) is 39.3 Å². The molecule has 0 atom stereocenters. The van der Waals surface area contributed by atoms with Crippen molar-refractivity contribution in [3.63, 3.8) is 0 Å². The summed E-state index contributed by atoms with van der Waals surface area (Å²) in [5.41, 5.74) is 5.27. The highest BCUT2D eigenvalue weighted by Crippen LogP contribution is 2.14. The molecular weight excluding hydrogens is 263 g/mol. The molecule has 0 unspecified atom stereocenters. The van der Waals surface area contributed by atoms with Crippen LogP contribution in [0.5, 0.6) is 0 Å². The molecule has 0 bridgehead atoms. The van der Waals surface area contributed by atoms with Crippen LogP contribution in [0.25, 0.3) is 0 Å². The molecule has 8 heteroatoms. The van der Waals surface area contributed by atoms with Gasteiger partial charge in [-0.1, -0.05) is 0 Å². The minimum Gasteiger partial charge on any atom is -0.372 e. The summed E-state index contributed by atoms with van der Waals surface area (Å²) < 4.78 is 40.0. The lowest BCUT2D eigenvalue weighted by molar-refractivity contribution is -0.174. The standard InChI is InChI=1S/C11H20F3N3O2/c12-11(13,14)9-19-7-1-2-16-3-5-17(6-4-16)10(18)8-15/h1-9,15H2. The van der Waals surface area contributed by atoms with Crippen LogP contribution >= 0.6 is 0 Å². The van der Waals surface area contributed by atoms with Crippen LogP contribution in [0.2, 0.25) is 0 Å². The number of carbonyl (C=O) groups excluding carboxylic acids is 1. The molecule has 1 heterocycles. The van der Waals surface area contributed by atoms with E-state index >= 15 is 0 Å². The molecule has 1 amide bonds. The Morgan fingerprint density at radius 2 is 1.84 bits per heavy atom. The van der Waals surface area contributed by atoms with Crippen molar-refractivity contribution in [1.82, 2.24) is 9.80 Å². The number of alkyl halides is 3. The minimum atomic E-state index is -4.26. The maximum absolute atomic E-state index is 11.8. The molecular formula is C11H20F3N3O2. The van der Waals surface area contributed by atoms with Gasteiger partial charge >= 0.3 is 6.18 Å². The van der Waals surface area contributed by atoms with E-state index in [0.717, 1.165) is 13.1 Å². The van der Waals surface area contributed by atoms with Gasteiger partial charge in [-0.2, -0.15) is 13.2 Å². The Kier molecular flexibility index (Phi) is 6.53. The summed E-state index contributed by atoms with van der Waals surface area (Å²) >= 11 is 0. The Bertz CT molecular complexity index is 279. The highest BCUT2D eigenvalue weighted by atomic mass is 19.4. The Hall–Kier alpha value is -0.860. The van der Waals surface area contributed by atoms with Crippen molar-refractivity contribution in [3.05, 3.63) is 0 Å². The first-order valence-electron chi connectivity index (χ1n) is 6.27. The minimum absolute atomic E-state index is 0.0191. The number of hydrogen-bond acceptors (Lipinski definition) is 4. The zero-order valence-corrected chi connectivity index (χ0v) is 10.8. The van der Waals surface area contributed by atoms with Crippen LogP contribution in [0.3, 0.4) is 0 Å². The van der Waals surface area contributed by atoms with Crippen molar-refractivity contribution < 1.29 is 22.7 Å². The number of amides is 1. The lowest BCUT2D eigenvalue weighted by atomic mass is 10.3. The second-order valence-corrected chi connectivity index (χ2v) is 4.45.